The number of rotatable bonds is 3. The van der Waals surface area contributed by atoms with Crippen LogP contribution in [0, 0.1) is 5.92 Å². The molecule has 20 heavy (non-hydrogen) atoms. The van der Waals surface area contributed by atoms with Crippen molar-refractivity contribution in [3.05, 3.63) is 0 Å². The topological polar surface area (TPSA) is 60.9 Å². The highest BCUT2D eigenvalue weighted by Crippen LogP contribution is 2.36. The lowest BCUT2D eigenvalue weighted by atomic mass is 10.1. The molecule has 3 unspecified atom stereocenters. The summed E-state index contributed by atoms with van der Waals surface area (Å²) in [5, 5.41) is 9.35. The van der Waals surface area contributed by atoms with Gasteiger partial charge in [0, 0.05) is 18.3 Å². The van der Waals surface area contributed by atoms with Crippen LogP contribution in [0.2, 0.25) is 0 Å². The van der Waals surface area contributed by atoms with Crippen LogP contribution in [0.3, 0.4) is 0 Å². The summed E-state index contributed by atoms with van der Waals surface area (Å²) < 4.78 is 0. The first-order valence-electron chi connectivity index (χ1n) is 7.40. The molecular formula is C14H24N2O3S. The lowest BCUT2D eigenvalue weighted by Crippen LogP contribution is -2.53. The van der Waals surface area contributed by atoms with Crippen LogP contribution in [0.5, 0.6) is 0 Å². The smallest absolute Gasteiger partial charge is 0.327 e. The maximum atomic E-state index is 12.8. The predicted octanol–water partition coefficient (Wildman–Crippen LogP) is 2.46. The van der Waals surface area contributed by atoms with Gasteiger partial charge in [0.1, 0.15) is 6.04 Å². The molecule has 2 aliphatic rings. The Hall–Kier alpha value is -0.910. The Balaban J connectivity index is 2.20. The van der Waals surface area contributed by atoms with Crippen molar-refractivity contribution in [1.29, 1.82) is 0 Å². The second-order valence-corrected chi connectivity index (χ2v) is 7.06. The van der Waals surface area contributed by atoms with Gasteiger partial charge in [-0.3, -0.25) is 4.90 Å². The Morgan fingerprint density at radius 1 is 1.40 bits per heavy atom. The highest BCUT2D eigenvalue weighted by Gasteiger charge is 2.45. The van der Waals surface area contributed by atoms with E-state index >= 15 is 0 Å². The van der Waals surface area contributed by atoms with Crippen molar-refractivity contribution >= 4 is 23.8 Å². The summed E-state index contributed by atoms with van der Waals surface area (Å²) in [4.78, 5) is 27.7. The van der Waals surface area contributed by atoms with E-state index in [-0.39, 0.29) is 23.4 Å². The molecule has 2 fully saturated rings. The second kappa shape index (κ2) is 6.24. The predicted molar refractivity (Wildman–Crippen MR) is 79.8 cm³/mol. The van der Waals surface area contributed by atoms with Gasteiger partial charge < -0.3 is 10.0 Å². The van der Waals surface area contributed by atoms with Gasteiger partial charge in [-0.05, 0) is 25.2 Å². The van der Waals surface area contributed by atoms with Crippen molar-refractivity contribution in [3.63, 3.8) is 0 Å². The molecule has 2 heterocycles. The zero-order valence-corrected chi connectivity index (χ0v) is 13.2. The minimum absolute atomic E-state index is 0.0262. The van der Waals surface area contributed by atoms with Crippen LogP contribution in [0.1, 0.15) is 40.0 Å². The first-order valence-corrected chi connectivity index (χ1v) is 8.45. The Kier molecular flexibility index (Phi) is 4.83. The molecule has 0 aromatic rings. The number of carboxylic acid groups (broad SMARTS) is 1. The molecule has 0 aliphatic carbocycles. The molecule has 6 heteroatoms. The summed E-state index contributed by atoms with van der Waals surface area (Å²) in [6, 6.07) is -0.487. The fourth-order valence-electron chi connectivity index (χ4n) is 3.13. The molecule has 0 radical (unpaired) electrons. The van der Waals surface area contributed by atoms with Gasteiger partial charge in [0.25, 0.3) is 0 Å². The Bertz CT molecular complexity index is 389. The van der Waals surface area contributed by atoms with Gasteiger partial charge in [-0.1, -0.05) is 20.8 Å². The van der Waals surface area contributed by atoms with Gasteiger partial charge in [-0.15, -0.1) is 11.8 Å². The average molecular weight is 300 g/mol. The third-order valence-corrected chi connectivity index (χ3v) is 5.83. The van der Waals surface area contributed by atoms with Crippen LogP contribution in [-0.4, -0.2) is 56.7 Å². The maximum Gasteiger partial charge on any atom is 0.327 e. The first kappa shape index (κ1) is 15.5. The minimum Gasteiger partial charge on any atom is -0.480 e. The minimum atomic E-state index is -0.888. The molecule has 0 aromatic heterocycles. The molecule has 114 valence electrons. The van der Waals surface area contributed by atoms with Crippen LogP contribution in [0.4, 0.5) is 4.79 Å². The lowest BCUT2D eigenvalue weighted by Gasteiger charge is -2.35. The molecule has 1 N–H and O–H groups in total. The van der Waals surface area contributed by atoms with E-state index in [2.05, 4.69) is 6.92 Å². The highest BCUT2D eigenvalue weighted by atomic mass is 32.2. The van der Waals surface area contributed by atoms with E-state index in [1.165, 1.54) is 0 Å². The number of carbonyl (C=O) groups excluding carboxylic acids is 1. The number of carbonyl (C=O) groups is 2. The zero-order valence-electron chi connectivity index (χ0n) is 12.4. The standard InChI is InChI=1S/C14H24N2O3S/c1-4-10-6-5-7-15(10)14(19)16-11(13(17)18)8-20-12(16)9(2)3/h9-12H,4-8H2,1-3H3,(H,17,18). The molecule has 0 saturated carbocycles. The largest absolute Gasteiger partial charge is 0.480 e. The van der Waals surface area contributed by atoms with E-state index in [1.807, 2.05) is 18.7 Å². The molecule has 3 atom stereocenters. The summed E-state index contributed by atoms with van der Waals surface area (Å²) in [5.74, 6) is -0.133. The maximum absolute atomic E-state index is 12.8. The zero-order chi connectivity index (χ0) is 14.9. The van der Waals surface area contributed by atoms with Crippen LogP contribution >= 0.6 is 11.8 Å². The molecule has 2 saturated heterocycles. The average Bonchev–Trinajstić information content (AvgIpc) is 3.03. The van der Waals surface area contributed by atoms with Crippen LogP contribution in [0.15, 0.2) is 0 Å². The molecule has 0 bridgehead atoms. The highest BCUT2D eigenvalue weighted by molar-refractivity contribution is 8.00. The van der Waals surface area contributed by atoms with Crippen LogP contribution < -0.4 is 0 Å². The Labute approximate surface area is 124 Å². The van der Waals surface area contributed by atoms with Crippen molar-refractivity contribution in [2.45, 2.75) is 57.5 Å². The second-order valence-electron chi connectivity index (χ2n) is 5.91. The quantitative estimate of drug-likeness (QED) is 0.870. The number of hydrogen-bond acceptors (Lipinski definition) is 3. The number of thioether (sulfide) groups is 1. The van der Waals surface area contributed by atoms with E-state index in [1.54, 1.807) is 16.7 Å². The number of hydrogen-bond donors (Lipinski definition) is 1. The van der Waals surface area contributed by atoms with Gasteiger partial charge in [-0.25, -0.2) is 9.59 Å². The molecular weight excluding hydrogens is 276 g/mol. The third-order valence-electron chi connectivity index (χ3n) is 4.21. The first-order chi connectivity index (χ1) is 9.47. The third kappa shape index (κ3) is 2.75. The van der Waals surface area contributed by atoms with Gasteiger partial charge in [0.2, 0.25) is 0 Å². The summed E-state index contributed by atoms with van der Waals surface area (Å²) in [6.07, 6.45) is 3.00. The van der Waals surface area contributed by atoms with E-state index in [0.29, 0.717) is 5.75 Å². The fraction of sp³-hybridized carbons (Fsp3) is 0.857. The van der Waals surface area contributed by atoms with E-state index < -0.39 is 12.0 Å². The summed E-state index contributed by atoms with van der Waals surface area (Å²) in [7, 11) is 0. The lowest BCUT2D eigenvalue weighted by molar-refractivity contribution is -0.141. The SMILES string of the molecule is CCC1CCCN1C(=O)N1C(C(=O)O)CSC1C(C)C. The van der Waals surface area contributed by atoms with Gasteiger partial charge >= 0.3 is 12.0 Å². The summed E-state index contributed by atoms with van der Waals surface area (Å²) in [6.45, 7) is 6.94. The van der Waals surface area contributed by atoms with E-state index in [0.717, 1.165) is 25.8 Å². The Morgan fingerprint density at radius 2 is 2.10 bits per heavy atom. The van der Waals surface area contributed by atoms with Crippen LogP contribution in [0.25, 0.3) is 0 Å². The van der Waals surface area contributed by atoms with Crippen molar-refractivity contribution < 1.29 is 14.7 Å². The number of urea groups is 1. The van der Waals surface area contributed by atoms with E-state index in [9.17, 15) is 14.7 Å². The summed E-state index contributed by atoms with van der Waals surface area (Å²) in [5.41, 5.74) is 0. The normalized spacial score (nSPS) is 30.3. The summed E-state index contributed by atoms with van der Waals surface area (Å²) >= 11 is 1.59. The van der Waals surface area contributed by atoms with Gasteiger partial charge in [0.05, 0.1) is 5.37 Å². The number of carboxylic acids is 1. The van der Waals surface area contributed by atoms with Gasteiger partial charge in [-0.2, -0.15) is 0 Å². The van der Waals surface area contributed by atoms with Crippen molar-refractivity contribution in [3.8, 4) is 0 Å². The number of aliphatic carboxylic acids is 1. The van der Waals surface area contributed by atoms with Crippen molar-refractivity contribution in [2.24, 2.45) is 5.92 Å². The molecule has 2 aliphatic heterocycles. The number of nitrogens with zero attached hydrogens (tertiary/aromatic N) is 2. The van der Waals surface area contributed by atoms with Crippen molar-refractivity contribution in [1.82, 2.24) is 9.80 Å². The Morgan fingerprint density at radius 3 is 2.65 bits per heavy atom. The van der Waals surface area contributed by atoms with Crippen LogP contribution in [-0.2, 0) is 4.79 Å². The monoisotopic (exact) mass is 300 g/mol. The molecule has 2 rings (SSSR count). The molecule has 5 nitrogen and oxygen atoms in total. The number of amides is 2. The molecule has 0 aromatic carbocycles. The molecule has 2 amide bonds. The van der Waals surface area contributed by atoms with E-state index in [4.69, 9.17) is 0 Å². The van der Waals surface area contributed by atoms with Gasteiger partial charge in [0.15, 0.2) is 0 Å². The van der Waals surface area contributed by atoms with Crippen molar-refractivity contribution in [2.75, 3.05) is 12.3 Å². The molecule has 0 spiro atoms. The fourth-order valence-corrected chi connectivity index (χ4v) is 4.60. The number of likely N-dealkylation sites (tertiary alicyclic amines) is 1.